The minimum atomic E-state index is -0.871. The summed E-state index contributed by atoms with van der Waals surface area (Å²) in [6.45, 7) is 4.85. The van der Waals surface area contributed by atoms with E-state index in [9.17, 15) is 58.2 Å². The predicted octanol–water partition coefficient (Wildman–Crippen LogP) is 3.71. The number of nitrogens with one attached hydrogen (secondary N) is 10. The Hall–Kier alpha value is -7.66. The van der Waals surface area contributed by atoms with Crippen molar-refractivity contribution >= 4 is 108 Å². The Bertz CT molecular complexity index is 2740. The number of ether oxygens (including phenoxy) is 2. The average molecular weight is 1430 g/mol. The largest absolute Gasteiger partial charge is 0.508 e. The molecule has 540 valence electrons. The summed E-state index contributed by atoms with van der Waals surface area (Å²) in [6.07, 6.45) is 10.5. The van der Waals surface area contributed by atoms with Crippen LogP contribution in [0.3, 0.4) is 0 Å². The van der Waals surface area contributed by atoms with Crippen LogP contribution in [-0.2, 0) is 83.1 Å². The molecule has 97 heavy (non-hydrogen) atoms. The molecule has 0 aliphatic carbocycles. The van der Waals surface area contributed by atoms with Gasteiger partial charge in [-0.3, -0.25) is 47.9 Å². The topological polar surface area (TPSA) is 381 Å². The second-order valence-electron chi connectivity index (χ2n) is 22.1. The van der Waals surface area contributed by atoms with E-state index in [1.54, 1.807) is 48.5 Å². The van der Waals surface area contributed by atoms with Gasteiger partial charge in [-0.1, -0.05) is 112 Å². The van der Waals surface area contributed by atoms with E-state index in [2.05, 4.69) is 62.6 Å². The molecule has 4 rings (SSSR count). The van der Waals surface area contributed by atoms with Crippen molar-refractivity contribution in [1.82, 2.24) is 53.2 Å². The van der Waals surface area contributed by atoms with Crippen molar-refractivity contribution in [2.45, 2.75) is 140 Å². The minimum absolute atomic E-state index is 0. The van der Waals surface area contributed by atoms with Gasteiger partial charge in [0, 0.05) is 38.8 Å². The highest BCUT2D eigenvalue weighted by Gasteiger charge is 2.29. The average Bonchev–Trinajstić information content (AvgIpc) is 1.20. The third-order valence-electron chi connectivity index (χ3n) is 14.7. The first-order chi connectivity index (χ1) is 45.3. The number of halogens is 2. The van der Waals surface area contributed by atoms with Gasteiger partial charge in [0.2, 0.25) is 47.3 Å². The molecule has 0 aromatic heterocycles. The lowest BCUT2D eigenvalue weighted by atomic mass is 10.0. The van der Waals surface area contributed by atoms with Crippen LogP contribution in [0.25, 0.3) is 0 Å². The number of carbonyl (C=O) groups excluding carboxylic acids is 10. The number of phenols is 2. The van der Waals surface area contributed by atoms with Crippen LogP contribution in [0.15, 0.2) is 109 Å². The van der Waals surface area contributed by atoms with Gasteiger partial charge >= 0.3 is 11.9 Å². The molecule has 0 heterocycles. The van der Waals surface area contributed by atoms with E-state index < -0.39 is 59.9 Å². The summed E-state index contributed by atoms with van der Waals surface area (Å²) < 4.78 is 9.28. The molecule has 0 fully saturated rings. The SMILES string of the molecule is CCN[C@@H](Cc1ccc(O)cc1)C(=O)N[C@H](CCSC)C(=O)NCC(=O)N[C@@H](Cc1ccccc1)C(=O)NCCCCCC(=O)OC.CCN[C@@H](Cc1ccc(O)cc1)C(=O)N[C@H](CCSC)C(=O)NCC(=O)N[C@@H](Cc1ccccc1)C(=O)NCCCCCC(=O)OC.Cl.Cl.O. The van der Waals surface area contributed by atoms with Gasteiger partial charge in [0.1, 0.15) is 35.7 Å². The zero-order valence-corrected chi connectivity index (χ0v) is 59.6. The highest BCUT2D eigenvalue weighted by molar-refractivity contribution is 7.98. The summed E-state index contributed by atoms with van der Waals surface area (Å²) in [6, 6.07) is 27.1. The Labute approximate surface area is 591 Å². The van der Waals surface area contributed by atoms with Crippen LogP contribution in [0.2, 0.25) is 0 Å². The van der Waals surface area contributed by atoms with Crippen LogP contribution < -0.4 is 53.2 Å². The number of rotatable bonds is 44. The first-order valence-corrected chi connectivity index (χ1v) is 34.6. The summed E-state index contributed by atoms with van der Waals surface area (Å²) in [5, 5.41) is 47.5. The molecule has 4 aromatic rings. The van der Waals surface area contributed by atoms with Crippen molar-refractivity contribution < 1.29 is 73.1 Å². The van der Waals surface area contributed by atoms with Crippen LogP contribution in [-0.4, -0.2) is 189 Å². The molecular formula is C68H102Cl2N10O15S2. The number of phenolic OH excluding ortho intramolecular Hbond substituents is 2. The van der Waals surface area contributed by atoms with Crippen molar-refractivity contribution in [2.75, 3.05) is 77.5 Å². The lowest BCUT2D eigenvalue weighted by Crippen LogP contribution is -2.55. The maximum Gasteiger partial charge on any atom is 0.305 e. The molecule has 0 saturated heterocycles. The van der Waals surface area contributed by atoms with Gasteiger partial charge in [-0.05, 0) is 135 Å². The fraction of sp³-hybridized carbons (Fsp3) is 0.500. The Kier molecular flexibility index (Phi) is 49.2. The molecule has 0 bridgehead atoms. The molecular weight excluding hydrogens is 1330 g/mol. The number of aromatic hydroxyl groups is 2. The summed E-state index contributed by atoms with van der Waals surface area (Å²) in [7, 11) is 2.69. The maximum atomic E-state index is 13.2. The van der Waals surface area contributed by atoms with Crippen molar-refractivity contribution in [3.05, 3.63) is 131 Å². The number of hydrogen-bond acceptors (Lipinski definition) is 18. The first kappa shape index (κ1) is 89.3. The number of methoxy groups -OCH3 is 2. The van der Waals surface area contributed by atoms with Crippen LogP contribution in [0.5, 0.6) is 11.5 Å². The van der Waals surface area contributed by atoms with Gasteiger partial charge in [0.15, 0.2) is 0 Å². The molecule has 0 saturated carbocycles. The zero-order chi connectivity index (χ0) is 68.9. The monoisotopic (exact) mass is 1430 g/mol. The molecule has 0 unspecified atom stereocenters. The Morgan fingerprint density at radius 2 is 0.722 bits per heavy atom. The van der Waals surface area contributed by atoms with E-state index in [4.69, 9.17) is 0 Å². The molecule has 29 heteroatoms. The molecule has 0 aliphatic rings. The van der Waals surface area contributed by atoms with Gasteiger partial charge in [-0.2, -0.15) is 23.5 Å². The highest BCUT2D eigenvalue weighted by Crippen LogP contribution is 2.15. The summed E-state index contributed by atoms with van der Waals surface area (Å²) >= 11 is 3.06. The number of thioether (sulfide) groups is 2. The second kappa shape index (κ2) is 53.4. The highest BCUT2D eigenvalue weighted by atomic mass is 35.5. The molecule has 14 N–H and O–H groups in total. The maximum absolute atomic E-state index is 13.2. The van der Waals surface area contributed by atoms with Crippen LogP contribution in [0, 0.1) is 0 Å². The summed E-state index contributed by atoms with van der Waals surface area (Å²) in [5.74, 6) is -2.56. The third-order valence-corrected chi connectivity index (χ3v) is 15.9. The van der Waals surface area contributed by atoms with Crippen LogP contribution >= 0.6 is 48.3 Å². The molecule has 0 aliphatic heterocycles. The number of carbonyl (C=O) groups is 10. The normalized spacial score (nSPS) is 12.3. The molecule has 4 aromatic carbocycles. The van der Waals surface area contributed by atoms with E-state index in [0.29, 0.717) is 102 Å². The summed E-state index contributed by atoms with van der Waals surface area (Å²) in [5.41, 5.74) is 3.41. The van der Waals surface area contributed by atoms with Crippen LogP contribution in [0.4, 0.5) is 0 Å². The van der Waals surface area contributed by atoms with Crippen LogP contribution in [0.1, 0.15) is 100 Å². The number of esters is 2. The first-order valence-electron chi connectivity index (χ1n) is 31.8. The molecule has 0 spiro atoms. The third kappa shape index (κ3) is 38.8. The second-order valence-corrected chi connectivity index (χ2v) is 24.0. The lowest BCUT2D eigenvalue weighted by molar-refractivity contribution is -0.141. The fourth-order valence-corrected chi connectivity index (χ4v) is 10.4. The van der Waals surface area contributed by atoms with Gasteiger partial charge in [-0.25, -0.2) is 0 Å². The molecule has 8 amide bonds. The van der Waals surface area contributed by atoms with Gasteiger partial charge in [0.25, 0.3) is 0 Å². The standard InChI is InChI=1S/2C34H49N5O7S.2ClH.H2O/c2*1-4-35-28(21-25-14-16-26(40)17-15-25)34(45)39-27(18-20-47-3)32(43)37-23-30(41)38-29(22-24-11-7-5-8-12-24)33(44)36-19-10-6-9-13-31(42)46-2;;;/h2*5,7-8,11-12,14-17,27-29,35,40H,4,6,9-10,13,18-23H2,1-3H3,(H,36,44)(H,37,43)(H,38,41)(H,39,45);2*1H;1H2/t2*27-,28+,29+;;;/m11.../s1. The van der Waals surface area contributed by atoms with E-state index in [1.165, 1.54) is 37.7 Å². The minimum Gasteiger partial charge on any atom is -0.508 e. The van der Waals surface area contributed by atoms with E-state index >= 15 is 0 Å². The Morgan fingerprint density at radius 1 is 0.402 bits per heavy atom. The summed E-state index contributed by atoms with van der Waals surface area (Å²) in [4.78, 5) is 128. The lowest BCUT2D eigenvalue weighted by Gasteiger charge is -2.23. The fourth-order valence-electron chi connectivity index (χ4n) is 9.50. The molecule has 25 nitrogen and oxygen atoms in total. The van der Waals surface area contributed by atoms with E-state index in [0.717, 1.165) is 35.1 Å². The zero-order valence-electron chi connectivity index (χ0n) is 56.3. The van der Waals surface area contributed by atoms with Crippen molar-refractivity contribution in [1.29, 1.82) is 0 Å². The van der Waals surface area contributed by atoms with E-state index in [1.807, 2.05) is 87.0 Å². The Balaban J connectivity index is 0.00000184. The van der Waals surface area contributed by atoms with Crippen molar-refractivity contribution in [3.8, 4) is 11.5 Å². The van der Waals surface area contributed by atoms with Gasteiger partial charge in [-0.15, -0.1) is 24.8 Å². The van der Waals surface area contributed by atoms with Gasteiger partial charge < -0.3 is 78.3 Å². The van der Waals surface area contributed by atoms with Gasteiger partial charge in [0.05, 0.1) is 39.4 Å². The number of likely N-dealkylation sites (N-methyl/N-ethyl adjacent to an activating group) is 2. The van der Waals surface area contributed by atoms with Crippen molar-refractivity contribution in [3.63, 3.8) is 0 Å². The van der Waals surface area contributed by atoms with Crippen molar-refractivity contribution in [2.24, 2.45) is 0 Å². The predicted molar refractivity (Wildman–Crippen MR) is 384 cm³/mol. The number of unbranched alkanes of at least 4 members (excludes halogenated alkanes) is 4. The quantitative estimate of drug-likeness (QED) is 0.0222. The molecule has 0 radical (unpaired) electrons. The number of hydrogen-bond donors (Lipinski definition) is 12. The number of amides is 8. The number of benzene rings is 4. The van der Waals surface area contributed by atoms with E-state index in [-0.39, 0.29) is 103 Å². The Morgan fingerprint density at radius 3 is 1.04 bits per heavy atom. The molecule has 6 atom stereocenters. The smallest absolute Gasteiger partial charge is 0.305 e.